The zero-order valence-electron chi connectivity index (χ0n) is 16.2. The van der Waals surface area contributed by atoms with Crippen molar-refractivity contribution in [2.75, 3.05) is 0 Å². The summed E-state index contributed by atoms with van der Waals surface area (Å²) in [5.74, 6) is 0.254. The highest BCUT2D eigenvalue weighted by Gasteiger charge is 2.19. The number of carbonyl (C=O) groups is 1. The third-order valence-electron chi connectivity index (χ3n) is 4.64. The lowest BCUT2D eigenvalue weighted by atomic mass is 10.1. The van der Waals surface area contributed by atoms with E-state index in [2.05, 4.69) is 10.0 Å². The average molecular weight is 441 g/mol. The topological polar surface area (TPSA) is 88.4 Å². The van der Waals surface area contributed by atoms with Crippen LogP contribution in [0, 0.1) is 0 Å². The van der Waals surface area contributed by atoms with Crippen LogP contribution in [-0.4, -0.2) is 14.3 Å². The largest absolute Gasteiger partial charge is 0.459 e. The van der Waals surface area contributed by atoms with Crippen LogP contribution in [0.1, 0.15) is 34.0 Å². The summed E-state index contributed by atoms with van der Waals surface area (Å²) < 4.78 is 33.5. The van der Waals surface area contributed by atoms with Crippen LogP contribution in [0.2, 0.25) is 0 Å². The van der Waals surface area contributed by atoms with Gasteiger partial charge in [0, 0.05) is 22.4 Å². The van der Waals surface area contributed by atoms with Crippen LogP contribution in [0.15, 0.2) is 81.4 Å². The lowest BCUT2D eigenvalue weighted by Gasteiger charge is -2.12. The van der Waals surface area contributed by atoms with Crippen molar-refractivity contribution in [2.24, 2.45) is 0 Å². The normalized spacial score (nSPS) is 12.7. The van der Waals surface area contributed by atoms with Gasteiger partial charge in [-0.05, 0) is 48.7 Å². The number of carbonyl (C=O) groups excluding carboxylic acids is 1. The maximum Gasteiger partial charge on any atom is 0.251 e. The number of furan rings is 1. The van der Waals surface area contributed by atoms with Gasteiger partial charge in [0.05, 0.1) is 10.9 Å². The van der Waals surface area contributed by atoms with E-state index in [0.717, 1.165) is 15.8 Å². The molecule has 6 nitrogen and oxygen atoms in total. The summed E-state index contributed by atoms with van der Waals surface area (Å²) >= 11 is 1.47. The number of benzene rings is 2. The first-order chi connectivity index (χ1) is 14.4. The maximum absolute atomic E-state index is 12.7. The number of thiophene rings is 1. The molecular formula is C22H20N2O4S2. The van der Waals surface area contributed by atoms with Crippen LogP contribution >= 0.6 is 11.3 Å². The van der Waals surface area contributed by atoms with Crippen LogP contribution in [-0.2, 0) is 16.6 Å². The van der Waals surface area contributed by atoms with E-state index in [1.54, 1.807) is 12.1 Å². The molecule has 154 valence electrons. The average Bonchev–Trinajstić information content (AvgIpc) is 3.42. The number of amides is 1. The number of hydrogen-bond donors (Lipinski definition) is 2. The van der Waals surface area contributed by atoms with E-state index >= 15 is 0 Å². The van der Waals surface area contributed by atoms with E-state index in [0.29, 0.717) is 5.76 Å². The van der Waals surface area contributed by atoms with Crippen LogP contribution in [0.5, 0.6) is 0 Å². The maximum atomic E-state index is 12.7. The molecule has 0 aliphatic heterocycles. The Bertz CT molecular complexity index is 1240. The van der Waals surface area contributed by atoms with Crippen molar-refractivity contribution in [3.8, 4) is 0 Å². The number of sulfonamides is 1. The molecule has 0 saturated heterocycles. The van der Waals surface area contributed by atoms with Gasteiger partial charge in [0.25, 0.3) is 5.91 Å². The second kappa shape index (κ2) is 8.43. The number of rotatable bonds is 7. The SMILES string of the molecule is CC(NC(=O)c1cccc(S(=O)(=O)NCc2cccs2)c1)c1cc2ccccc2o1. The number of fused-ring (bicyclic) bond motifs is 1. The monoisotopic (exact) mass is 440 g/mol. The van der Waals surface area contributed by atoms with Crippen molar-refractivity contribution in [3.63, 3.8) is 0 Å². The van der Waals surface area contributed by atoms with Gasteiger partial charge >= 0.3 is 0 Å². The Morgan fingerprint density at radius 1 is 1.07 bits per heavy atom. The van der Waals surface area contributed by atoms with E-state index in [-0.39, 0.29) is 29.0 Å². The van der Waals surface area contributed by atoms with Crippen molar-refractivity contribution >= 4 is 38.2 Å². The van der Waals surface area contributed by atoms with Crippen LogP contribution < -0.4 is 10.0 Å². The van der Waals surface area contributed by atoms with E-state index < -0.39 is 10.0 Å². The summed E-state index contributed by atoms with van der Waals surface area (Å²) in [6.45, 7) is 2.03. The summed E-state index contributed by atoms with van der Waals surface area (Å²) in [6.07, 6.45) is 0. The molecule has 0 bridgehead atoms. The van der Waals surface area contributed by atoms with Gasteiger partial charge in [-0.25, -0.2) is 13.1 Å². The van der Waals surface area contributed by atoms with E-state index in [1.807, 2.05) is 54.8 Å². The van der Waals surface area contributed by atoms with Crippen LogP contribution in [0.4, 0.5) is 0 Å². The first kappa shape index (κ1) is 20.3. The van der Waals surface area contributed by atoms with Crippen LogP contribution in [0.25, 0.3) is 11.0 Å². The Morgan fingerprint density at radius 2 is 1.90 bits per heavy atom. The first-order valence-corrected chi connectivity index (χ1v) is 11.7. The summed E-state index contributed by atoms with van der Waals surface area (Å²) in [5, 5.41) is 5.70. The van der Waals surface area contributed by atoms with Gasteiger partial charge in [0.15, 0.2) is 0 Å². The molecule has 4 aromatic rings. The van der Waals surface area contributed by atoms with Gasteiger partial charge in [-0.3, -0.25) is 4.79 Å². The minimum atomic E-state index is -3.73. The number of nitrogens with one attached hydrogen (secondary N) is 2. The third kappa shape index (κ3) is 4.46. The molecule has 1 unspecified atom stereocenters. The van der Waals surface area contributed by atoms with Crippen molar-refractivity contribution in [2.45, 2.75) is 24.4 Å². The molecule has 0 aliphatic carbocycles. The van der Waals surface area contributed by atoms with E-state index in [9.17, 15) is 13.2 Å². The zero-order valence-corrected chi connectivity index (χ0v) is 17.8. The molecule has 30 heavy (non-hydrogen) atoms. The summed E-state index contributed by atoms with van der Waals surface area (Å²) in [5.41, 5.74) is 1.01. The highest BCUT2D eigenvalue weighted by molar-refractivity contribution is 7.89. The van der Waals surface area contributed by atoms with Gasteiger partial charge in [-0.15, -0.1) is 11.3 Å². The third-order valence-corrected chi connectivity index (χ3v) is 6.92. The molecule has 0 fully saturated rings. The van der Waals surface area contributed by atoms with Crippen molar-refractivity contribution in [3.05, 3.63) is 88.3 Å². The lowest BCUT2D eigenvalue weighted by molar-refractivity contribution is 0.0935. The zero-order chi connectivity index (χ0) is 21.1. The molecule has 0 radical (unpaired) electrons. The molecule has 2 N–H and O–H groups in total. The quantitative estimate of drug-likeness (QED) is 0.444. The van der Waals surface area contributed by atoms with Gasteiger partial charge in [0.2, 0.25) is 10.0 Å². The van der Waals surface area contributed by atoms with Gasteiger partial charge in [-0.2, -0.15) is 0 Å². The van der Waals surface area contributed by atoms with E-state index in [4.69, 9.17) is 4.42 Å². The Hall–Kier alpha value is -2.94. The number of para-hydroxylation sites is 1. The minimum absolute atomic E-state index is 0.0445. The molecule has 1 atom stereocenters. The number of hydrogen-bond acceptors (Lipinski definition) is 5. The molecule has 8 heteroatoms. The fourth-order valence-electron chi connectivity index (χ4n) is 3.03. The summed E-state index contributed by atoms with van der Waals surface area (Å²) in [4.78, 5) is 13.7. The molecule has 4 rings (SSSR count). The molecule has 0 spiro atoms. The van der Waals surface area contributed by atoms with Crippen molar-refractivity contribution in [1.29, 1.82) is 0 Å². The Morgan fingerprint density at radius 3 is 2.67 bits per heavy atom. The minimum Gasteiger partial charge on any atom is -0.459 e. The molecule has 2 aromatic heterocycles. The highest BCUT2D eigenvalue weighted by Crippen LogP contribution is 2.24. The second-order valence-corrected chi connectivity index (χ2v) is 9.61. The standard InChI is InChI=1S/C22H20N2O4S2/c1-15(21-13-16-6-2-3-10-20(16)28-21)24-22(25)17-7-4-9-19(12-17)30(26,27)23-14-18-8-5-11-29-18/h2-13,15,23H,14H2,1H3,(H,24,25). The Kier molecular flexibility index (Phi) is 5.72. The summed E-state index contributed by atoms with van der Waals surface area (Å²) in [6, 6.07) is 18.8. The molecular weight excluding hydrogens is 420 g/mol. The Labute approximate surface area is 178 Å². The summed E-state index contributed by atoms with van der Waals surface area (Å²) in [7, 11) is -3.73. The Balaban J connectivity index is 1.47. The van der Waals surface area contributed by atoms with Crippen LogP contribution in [0.3, 0.4) is 0 Å². The molecule has 0 saturated carbocycles. The van der Waals surface area contributed by atoms with Gasteiger partial charge in [-0.1, -0.05) is 30.3 Å². The fourth-order valence-corrected chi connectivity index (χ4v) is 4.82. The predicted molar refractivity (Wildman–Crippen MR) is 117 cm³/mol. The first-order valence-electron chi connectivity index (χ1n) is 9.34. The molecule has 2 heterocycles. The smallest absolute Gasteiger partial charge is 0.251 e. The predicted octanol–water partition coefficient (Wildman–Crippen LogP) is 4.46. The fraction of sp³-hybridized carbons (Fsp3) is 0.136. The highest BCUT2D eigenvalue weighted by atomic mass is 32.2. The molecule has 1 amide bonds. The molecule has 0 aliphatic rings. The molecule has 2 aromatic carbocycles. The lowest BCUT2D eigenvalue weighted by Crippen LogP contribution is -2.27. The van der Waals surface area contributed by atoms with Crippen molar-refractivity contribution in [1.82, 2.24) is 10.0 Å². The van der Waals surface area contributed by atoms with Gasteiger partial charge < -0.3 is 9.73 Å². The van der Waals surface area contributed by atoms with Gasteiger partial charge in [0.1, 0.15) is 11.3 Å². The van der Waals surface area contributed by atoms with E-state index in [1.165, 1.54) is 23.5 Å². The van der Waals surface area contributed by atoms with Crippen molar-refractivity contribution < 1.29 is 17.6 Å². The second-order valence-electron chi connectivity index (χ2n) is 6.81.